The van der Waals surface area contributed by atoms with Gasteiger partial charge in [0, 0.05) is 49.9 Å². The molecule has 0 saturated heterocycles. The van der Waals surface area contributed by atoms with Crippen molar-refractivity contribution in [3.63, 3.8) is 0 Å². The lowest BCUT2D eigenvalue weighted by atomic mass is 10.1. The predicted molar refractivity (Wildman–Crippen MR) is 198 cm³/mol. The van der Waals surface area contributed by atoms with Crippen LogP contribution in [-0.2, 0) is 12.8 Å². The molecule has 0 heterocycles. The SMILES string of the molecule is C[N+](C)(CCCC[N+](C)(C)CCc1ccccc1N=Nc1ccc([N+](=O)[O-])cc1Cl)CCc1ccccc1N=Nc1ccc([N+](=O)[O-])cc1Cl. The van der Waals surface area contributed by atoms with Gasteiger partial charge in [0.25, 0.3) is 11.4 Å². The van der Waals surface area contributed by atoms with Crippen molar-refractivity contribution in [3.05, 3.63) is 126 Å². The molecule has 0 atom stereocenters. The molecular weight excluding hydrogens is 679 g/mol. The number of hydrogen-bond donors (Lipinski definition) is 0. The highest BCUT2D eigenvalue weighted by Gasteiger charge is 2.20. The summed E-state index contributed by atoms with van der Waals surface area (Å²) in [6.45, 7) is 3.94. The first-order valence-electron chi connectivity index (χ1n) is 16.2. The third kappa shape index (κ3) is 11.5. The van der Waals surface area contributed by atoms with Crippen LogP contribution in [0.1, 0.15) is 24.0 Å². The standard InChI is InChI=1S/C36H42Cl2N8O4/c1-45(2,23-19-27-11-5-7-13-33(27)39-41-35-17-15-29(43(47)48)25-31(35)37)21-9-10-22-46(3,4)24-20-28-12-6-8-14-34(28)40-42-36-18-16-30(44(49)50)26-32(36)38/h5-8,11-18,25-26H,9-10,19-24H2,1-4H3/q+2. The molecule has 0 aliphatic carbocycles. The number of hydrogen-bond acceptors (Lipinski definition) is 8. The molecule has 262 valence electrons. The summed E-state index contributed by atoms with van der Waals surface area (Å²) in [7, 11) is 8.98. The Morgan fingerprint density at radius 2 is 0.900 bits per heavy atom. The fraction of sp³-hybridized carbons (Fsp3) is 0.333. The quantitative estimate of drug-likeness (QED) is 0.0352. The van der Waals surface area contributed by atoms with Gasteiger partial charge in [0.2, 0.25) is 0 Å². The zero-order chi connectivity index (χ0) is 36.3. The molecule has 4 aromatic carbocycles. The average Bonchev–Trinajstić information content (AvgIpc) is 3.08. The van der Waals surface area contributed by atoms with E-state index in [1.54, 1.807) is 0 Å². The van der Waals surface area contributed by atoms with E-state index < -0.39 is 9.85 Å². The molecule has 0 amide bonds. The van der Waals surface area contributed by atoms with Gasteiger partial charge in [-0.3, -0.25) is 20.2 Å². The number of halogens is 2. The molecule has 0 radical (unpaired) electrons. The van der Waals surface area contributed by atoms with Crippen LogP contribution in [0.3, 0.4) is 0 Å². The second-order valence-electron chi connectivity index (χ2n) is 13.4. The van der Waals surface area contributed by atoms with Gasteiger partial charge in [-0.2, -0.15) is 10.2 Å². The van der Waals surface area contributed by atoms with E-state index in [9.17, 15) is 20.2 Å². The van der Waals surface area contributed by atoms with Gasteiger partial charge < -0.3 is 8.97 Å². The van der Waals surface area contributed by atoms with Gasteiger partial charge in [-0.1, -0.05) is 59.6 Å². The van der Waals surface area contributed by atoms with Crippen LogP contribution in [0.25, 0.3) is 0 Å². The fourth-order valence-electron chi connectivity index (χ4n) is 5.39. The number of benzene rings is 4. The molecule has 0 fully saturated rings. The van der Waals surface area contributed by atoms with E-state index in [1.807, 2.05) is 36.4 Å². The van der Waals surface area contributed by atoms with E-state index in [0.717, 1.165) is 83.3 Å². The minimum Gasteiger partial charge on any atom is -0.328 e. The summed E-state index contributed by atoms with van der Waals surface area (Å²) in [6, 6.07) is 24.0. The smallest absolute Gasteiger partial charge is 0.271 e. The van der Waals surface area contributed by atoms with Crippen LogP contribution >= 0.6 is 23.2 Å². The van der Waals surface area contributed by atoms with Crippen LogP contribution in [0.4, 0.5) is 34.1 Å². The number of quaternary nitrogens is 2. The molecule has 0 unspecified atom stereocenters. The molecule has 0 spiro atoms. The minimum atomic E-state index is -0.495. The van der Waals surface area contributed by atoms with E-state index in [-0.39, 0.29) is 21.4 Å². The molecule has 4 rings (SSSR count). The lowest BCUT2D eigenvalue weighted by Gasteiger charge is -2.32. The summed E-state index contributed by atoms with van der Waals surface area (Å²) in [5.41, 5.74) is 4.23. The highest BCUT2D eigenvalue weighted by Crippen LogP contribution is 2.33. The second kappa shape index (κ2) is 17.3. The highest BCUT2D eigenvalue weighted by molar-refractivity contribution is 6.33. The van der Waals surface area contributed by atoms with Crippen molar-refractivity contribution in [2.75, 3.05) is 54.4 Å². The van der Waals surface area contributed by atoms with Gasteiger partial charge in [0.1, 0.15) is 11.4 Å². The van der Waals surface area contributed by atoms with Gasteiger partial charge in [-0.05, 0) is 35.4 Å². The van der Waals surface area contributed by atoms with Crippen LogP contribution in [0.2, 0.25) is 10.0 Å². The Labute approximate surface area is 302 Å². The molecule has 0 aliphatic rings. The van der Waals surface area contributed by atoms with Crippen molar-refractivity contribution in [3.8, 4) is 0 Å². The van der Waals surface area contributed by atoms with Gasteiger partial charge in [0.15, 0.2) is 0 Å². The Bertz CT molecular complexity index is 1750. The molecule has 0 bridgehead atoms. The van der Waals surface area contributed by atoms with Crippen LogP contribution in [-0.4, -0.2) is 73.2 Å². The lowest BCUT2D eigenvalue weighted by Crippen LogP contribution is -2.44. The van der Waals surface area contributed by atoms with Gasteiger partial charge in [-0.25, -0.2) is 0 Å². The zero-order valence-corrected chi connectivity index (χ0v) is 30.2. The summed E-state index contributed by atoms with van der Waals surface area (Å²) in [6.07, 6.45) is 3.83. The van der Waals surface area contributed by atoms with E-state index in [1.165, 1.54) is 36.4 Å². The molecule has 14 heteroatoms. The Balaban J connectivity index is 1.25. The summed E-state index contributed by atoms with van der Waals surface area (Å²) in [5, 5.41) is 39.7. The molecule has 0 aromatic heterocycles. The first kappa shape index (κ1) is 38.2. The zero-order valence-electron chi connectivity index (χ0n) is 28.7. The number of non-ortho nitro benzene ring substituents is 2. The molecular formula is C36H42Cl2N8O4+2. The van der Waals surface area contributed by atoms with Crippen LogP contribution in [0.5, 0.6) is 0 Å². The molecule has 0 N–H and O–H groups in total. The molecule has 12 nitrogen and oxygen atoms in total. The summed E-state index contributed by atoms with van der Waals surface area (Å²) < 4.78 is 1.73. The van der Waals surface area contributed by atoms with Crippen molar-refractivity contribution in [1.29, 1.82) is 0 Å². The Hall–Kier alpha value is -4.62. The number of azo groups is 2. The first-order valence-corrected chi connectivity index (χ1v) is 17.0. The van der Waals surface area contributed by atoms with E-state index in [2.05, 4.69) is 60.8 Å². The summed E-state index contributed by atoms with van der Waals surface area (Å²) in [4.78, 5) is 21.0. The third-order valence-electron chi connectivity index (χ3n) is 8.55. The number of rotatable bonds is 17. The van der Waals surface area contributed by atoms with Crippen LogP contribution in [0, 0.1) is 20.2 Å². The lowest BCUT2D eigenvalue weighted by molar-refractivity contribution is -0.896. The number of nitro benzene ring substituents is 2. The normalized spacial score (nSPS) is 12.2. The van der Waals surface area contributed by atoms with Crippen molar-refractivity contribution in [1.82, 2.24) is 0 Å². The molecule has 0 aliphatic heterocycles. The Morgan fingerprint density at radius 3 is 1.26 bits per heavy atom. The van der Waals surface area contributed by atoms with Crippen molar-refractivity contribution < 1.29 is 18.8 Å². The van der Waals surface area contributed by atoms with E-state index in [4.69, 9.17) is 23.2 Å². The maximum absolute atomic E-state index is 11.0. The van der Waals surface area contributed by atoms with Gasteiger partial charge in [-0.15, -0.1) is 10.2 Å². The molecule has 50 heavy (non-hydrogen) atoms. The van der Waals surface area contributed by atoms with E-state index >= 15 is 0 Å². The van der Waals surface area contributed by atoms with Gasteiger partial charge in [0.05, 0.1) is 85.6 Å². The minimum absolute atomic E-state index is 0.0903. The highest BCUT2D eigenvalue weighted by atomic mass is 35.5. The average molecular weight is 722 g/mol. The Kier molecular flexibility index (Phi) is 13.3. The first-order chi connectivity index (χ1) is 23.7. The van der Waals surface area contributed by atoms with Crippen molar-refractivity contribution in [2.45, 2.75) is 25.7 Å². The van der Waals surface area contributed by atoms with Gasteiger partial charge >= 0.3 is 0 Å². The largest absolute Gasteiger partial charge is 0.328 e. The Morgan fingerprint density at radius 1 is 0.540 bits per heavy atom. The topological polar surface area (TPSA) is 136 Å². The van der Waals surface area contributed by atoms with Crippen molar-refractivity contribution in [2.24, 2.45) is 20.5 Å². The number of likely N-dealkylation sites (N-methyl/N-ethyl adjacent to an activating group) is 2. The maximum atomic E-state index is 11.0. The molecule has 0 saturated carbocycles. The fourth-order valence-corrected chi connectivity index (χ4v) is 5.81. The number of nitro groups is 2. The van der Waals surface area contributed by atoms with Crippen LogP contribution < -0.4 is 0 Å². The van der Waals surface area contributed by atoms with E-state index in [0.29, 0.717) is 11.4 Å². The van der Waals surface area contributed by atoms with Crippen molar-refractivity contribution >= 4 is 57.3 Å². The summed E-state index contributed by atoms with van der Waals surface area (Å²) >= 11 is 12.4. The summed E-state index contributed by atoms with van der Waals surface area (Å²) in [5.74, 6) is 0. The van der Waals surface area contributed by atoms with Crippen LogP contribution in [0.15, 0.2) is 105 Å². The number of nitrogens with zero attached hydrogens (tertiary/aromatic N) is 8. The predicted octanol–water partition coefficient (Wildman–Crippen LogP) is 10.4. The number of unbranched alkanes of at least 4 members (excludes halogenated alkanes) is 1. The monoisotopic (exact) mass is 720 g/mol. The second-order valence-corrected chi connectivity index (χ2v) is 14.2. The third-order valence-corrected chi connectivity index (χ3v) is 9.15. The molecule has 4 aromatic rings. The maximum Gasteiger partial charge on any atom is 0.271 e.